The van der Waals surface area contributed by atoms with Crippen LogP contribution in [0.25, 0.3) is 35.2 Å². The molecule has 1 atom stereocenters. The SMILES string of the molecule is C=C1/C(=C/c2cnn3c(NC4CC4)cc(Nc4cc(Cl)ccc4F)nc23)CC(=O)N1COC(=O)C(C)N.C=C1/C(=C/c2cnn3c(NC4CC4)cc(Nc4cc(Cl)ccc4F)nc23)CC(=O)N1COC(=O)CCN1CCN(C)CC1.C=C1/C(=C/c2cnn3c(NC4CC4)cc(Nc4cc(Cl)ccc4F)nc23)CC(=O)N1COC(=O)CN. The molecule has 6 aromatic heterocycles. The molecule has 4 saturated heterocycles. The molecule has 4 aliphatic heterocycles. The van der Waals surface area contributed by atoms with Gasteiger partial charge in [-0.3, -0.25) is 43.5 Å². The number of nitrogens with two attached hydrogens (primary N) is 2. The highest BCUT2D eigenvalue weighted by Crippen LogP contribution is 2.38. The number of halogens is 6. The number of ether oxygens (including phenoxy) is 3. The molecule has 31 nitrogen and oxygen atoms in total. The number of hydrogen-bond donors (Lipinski definition) is 8. The first kappa shape index (κ1) is 80.7. The average Bonchev–Trinajstić information content (AvgIpc) is 1.62. The van der Waals surface area contributed by atoms with Crippen LogP contribution in [-0.2, 0) is 43.0 Å². The van der Waals surface area contributed by atoms with E-state index in [9.17, 15) is 41.9 Å². The van der Waals surface area contributed by atoms with E-state index >= 15 is 0 Å². The predicted molar refractivity (Wildman–Crippen MR) is 433 cm³/mol. The molecule has 16 rings (SSSR count). The van der Waals surface area contributed by atoms with E-state index in [1.54, 1.807) is 62.5 Å². The summed E-state index contributed by atoms with van der Waals surface area (Å²) in [6.07, 6.45) is 17.1. The van der Waals surface area contributed by atoms with Gasteiger partial charge in [0.1, 0.15) is 58.4 Å². The molecule has 3 amide bonds. The number of likely N-dealkylation sites (N-methyl/N-ethyl adjacent to an activating group) is 1. The predicted octanol–water partition coefficient (Wildman–Crippen LogP) is 11.4. The minimum atomic E-state index is -0.799. The van der Waals surface area contributed by atoms with E-state index in [1.807, 2.05) is 6.08 Å². The molecule has 1 unspecified atom stereocenters. The van der Waals surface area contributed by atoms with Crippen LogP contribution in [0.15, 0.2) is 145 Å². The highest BCUT2D eigenvalue weighted by atomic mass is 35.5. The molecule has 3 aliphatic carbocycles. The number of rotatable bonds is 26. The van der Waals surface area contributed by atoms with Crippen molar-refractivity contribution in [3.8, 4) is 0 Å². The zero-order valence-electron chi connectivity index (χ0n) is 63.1. The van der Waals surface area contributed by atoms with Crippen molar-refractivity contribution >= 4 is 158 Å². The van der Waals surface area contributed by atoms with E-state index in [0.717, 1.165) is 64.7 Å². The molecule has 10 N–H and O–H groups in total. The number of nitrogens with one attached hydrogen (secondary N) is 6. The number of fused-ring (bicyclic) bond motifs is 3. The molecular weight excluding hydrogens is 1560 g/mol. The van der Waals surface area contributed by atoms with Crippen LogP contribution in [0.3, 0.4) is 0 Å². The molecule has 116 heavy (non-hydrogen) atoms. The van der Waals surface area contributed by atoms with Gasteiger partial charge in [0.15, 0.2) is 37.1 Å². The van der Waals surface area contributed by atoms with Gasteiger partial charge in [-0.2, -0.15) is 28.8 Å². The normalized spacial score (nSPS) is 17.8. The highest BCUT2D eigenvalue weighted by molar-refractivity contribution is 6.31. The molecule has 7 fully saturated rings. The second-order valence-corrected chi connectivity index (χ2v) is 30.0. The summed E-state index contributed by atoms with van der Waals surface area (Å²) >= 11 is 18.2. The maximum atomic E-state index is 14.5. The Kier molecular flexibility index (Phi) is 24.4. The van der Waals surface area contributed by atoms with Gasteiger partial charge in [-0.25, -0.2) is 28.1 Å². The number of nitrogens with zero attached hydrogens (tertiary/aromatic N) is 14. The number of amides is 3. The molecular formula is C79H82Cl3F3N22O9. The van der Waals surface area contributed by atoms with E-state index in [2.05, 4.69) is 93.7 Å². The van der Waals surface area contributed by atoms with Crippen LogP contribution in [-0.4, -0.2) is 195 Å². The van der Waals surface area contributed by atoms with Crippen molar-refractivity contribution in [1.29, 1.82) is 0 Å². The Labute approximate surface area is 677 Å². The number of hydrogen-bond acceptors (Lipinski definition) is 25. The van der Waals surface area contributed by atoms with Crippen LogP contribution in [0.1, 0.15) is 87.8 Å². The van der Waals surface area contributed by atoms with Crippen LogP contribution in [0.2, 0.25) is 15.1 Å². The topological polar surface area (TPSA) is 361 Å². The summed E-state index contributed by atoms with van der Waals surface area (Å²) in [5.74, 6) is -0.427. The number of anilines is 9. The molecule has 37 heteroatoms. The quantitative estimate of drug-likeness (QED) is 0.0184. The second kappa shape index (κ2) is 35.0. The van der Waals surface area contributed by atoms with E-state index in [0.29, 0.717) is 142 Å². The number of esters is 3. The molecule has 9 aromatic rings. The van der Waals surface area contributed by atoms with Crippen LogP contribution in [0, 0.1) is 17.5 Å². The summed E-state index contributed by atoms with van der Waals surface area (Å²) < 4.78 is 63.7. The van der Waals surface area contributed by atoms with Crippen molar-refractivity contribution in [2.75, 3.05) is 98.4 Å². The van der Waals surface area contributed by atoms with Crippen molar-refractivity contribution in [2.45, 2.75) is 95.3 Å². The monoisotopic (exact) mass is 1640 g/mol. The molecule has 3 saturated carbocycles. The van der Waals surface area contributed by atoms with Crippen molar-refractivity contribution in [2.24, 2.45) is 11.5 Å². The Morgan fingerprint density at radius 3 is 1.19 bits per heavy atom. The van der Waals surface area contributed by atoms with E-state index < -0.39 is 35.4 Å². The third-order valence-corrected chi connectivity index (χ3v) is 20.4. The lowest BCUT2D eigenvalue weighted by Crippen LogP contribution is -2.45. The third-order valence-electron chi connectivity index (χ3n) is 19.7. The van der Waals surface area contributed by atoms with Crippen molar-refractivity contribution in [3.63, 3.8) is 0 Å². The lowest BCUT2D eigenvalue weighted by Gasteiger charge is -2.32. The molecule has 604 valence electrons. The Morgan fingerprint density at radius 2 is 0.862 bits per heavy atom. The Hall–Kier alpha value is -11.9. The third kappa shape index (κ3) is 19.5. The van der Waals surface area contributed by atoms with E-state index in [1.165, 1.54) is 76.2 Å². The average molecular weight is 1650 g/mol. The fourth-order valence-corrected chi connectivity index (χ4v) is 13.2. The lowest BCUT2D eigenvalue weighted by atomic mass is 10.1. The van der Waals surface area contributed by atoms with Crippen molar-refractivity contribution < 1.29 is 56.1 Å². The number of allylic oxidation sites excluding steroid dienone is 3. The van der Waals surface area contributed by atoms with Gasteiger partial charge in [0, 0.05) is 118 Å². The van der Waals surface area contributed by atoms with Gasteiger partial charge >= 0.3 is 17.9 Å². The summed E-state index contributed by atoms with van der Waals surface area (Å²) in [4.78, 5) is 95.9. The molecule has 0 spiro atoms. The summed E-state index contributed by atoms with van der Waals surface area (Å²) in [6, 6.07) is 18.2. The molecule has 10 heterocycles. The van der Waals surface area contributed by atoms with Gasteiger partial charge in [-0.05, 0) is 142 Å². The minimum absolute atomic E-state index is 0.0742. The van der Waals surface area contributed by atoms with Gasteiger partial charge in [0.2, 0.25) is 17.7 Å². The number of piperazine rings is 1. The second-order valence-electron chi connectivity index (χ2n) is 28.7. The molecule has 0 bridgehead atoms. The highest BCUT2D eigenvalue weighted by Gasteiger charge is 2.35. The number of carbonyl (C=O) groups excluding carboxylic acids is 6. The van der Waals surface area contributed by atoms with Crippen molar-refractivity contribution in [1.82, 2.24) is 68.3 Å². The Morgan fingerprint density at radius 1 is 0.526 bits per heavy atom. The van der Waals surface area contributed by atoms with Gasteiger partial charge in [0.25, 0.3) is 0 Å². The first-order chi connectivity index (χ1) is 55.7. The van der Waals surface area contributed by atoms with Gasteiger partial charge in [-0.1, -0.05) is 54.5 Å². The molecule has 0 radical (unpaired) electrons. The Balaban J connectivity index is 0.000000144. The van der Waals surface area contributed by atoms with Crippen LogP contribution < -0.4 is 43.4 Å². The standard InChI is InChI=1S/C30H34ClFN8O3.C25H25ClFN7O3.C24H23ClFN7O3/c1-19-20(14-28(41)39(19)18-43-29(42)7-8-38-11-9-37(2)10-12-38)13-21-17-33-40-27(34-23-4-5-23)16-26(36-30(21)40)35-25-15-22(31)3-6-24(25)32;1-13(28)25(36)37-12-33-14(2)15(8-23(33)35)7-16-11-29-34-22(30-18-4-5-18)10-21(32-24(16)34)31-20-9-17(26)3-6-19(20)27;1-13-14(7-22(34)32(13)12-36-23(35)10-27)6-15-11-28-33-21(29-17-3-4-17)9-20(31-24(15)33)30-19-8-16(25)2-5-18(19)26/h3,6,13,15-17,23,34H,1,4-5,7-12,14,18H2,2H3,(H,35,36);3,6-7,9-11,13,18,30H,2,4-5,8,12,28H2,1H3,(H,31,32);2,5-6,8-9,11,17,29H,1,3-4,7,10,12,27H2,(H,30,31)/b20-13+;15-7+;14-6+. The van der Waals surface area contributed by atoms with Crippen LogP contribution in [0.4, 0.5) is 65.1 Å². The van der Waals surface area contributed by atoms with Crippen LogP contribution in [0.5, 0.6) is 0 Å². The number of aromatic nitrogens is 9. The van der Waals surface area contributed by atoms with Gasteiger partial charge in [-0.15, -0.1) is 0 Å². The fourth-order valence-electron chi connectivity index (χ4n) is 12.7. The van der Waals surface area contributed by atoms with Gasteiger partial charge < -0.3 is 67.4 Å². The summed E-state index contributed by atoms with van der Waals surface area (Å²) in [7, 11) is 2.09. The molecule has 7 aliphatic rings. The number of likely N-dealkylation sites (tertiary alicyclic amines) is 3. The zero-order valence-corrected chi connectivity index (χ0v) is 65.4. The summed E-state index contributed by atoms with van der Waals surface area (Å²) in [6.45, 7) is 17.0. The Bertz CT molecular complexity index is 5510. The summed E-state index contributed by atoms with van der Waals surface area (Å²) in [5, 5.41) is 33.9. The van der Waals surface area contributed by atoms with Crippen LogP contribution >= 0.6 is 34.8 Å². The lowest BCUT2D eigenvalue weighted by molar-refractivity contribution is -0.152. The summed E-state index contributed by atoms with van der Waals surface area (Å²) in [5.41, 5.74) is 18.0. The largest absolute Gasteiger partial charge is 0.444 e. The maximum absolute atomic E-state index is 14.5. The zero-order chi connectivity index (χ0) is 81.8. The smallest absolute Gasteiger partial charge is 0.324 e. The fraction of sp³-hybridized carbons (Fsp3) is 0.316. The van der Waals surface area contributed by atoms with E-state index in [4.69, 9.17) is 65.5 Å². The van der Waals surface area contributed by atoms with Crippen molar-refractivity contribution in [3.05, 3.63) is 194 Å². The minimum Gasteiger partial charge on any atom is -0.444 e. The first-order valence-electron chi connectivity index (χ1n) is 37.3. The first-order valence-corrected chi connectivity index (χ1v) is 38.5. The maximum Gasteiger partial charge on any atom is 0.324 e. The van der Waals surface area contributed by atoms with Gasteiger partial charge in [0.05, 0.1) is 67.9 Å². The van der Waals surface area contributed by atoms with E-state index in [-0.39, 0.29) is 93.2 Å². The number of carbonyl (C=O) groups is 6. The number of benzene rings is 3. The molecule has 3 aromatic carbocycles.